The van der Waals surface area contributed by atoms with Crippen molar-refractivity contribution in [3.63, 3.8) is 0 Å². The summed E-state index contributed by atoms with van der Waals surface area (Å²) in [6.45, 7) is 5.36. The third-order valence-corrected chi connectivity index (χ3v) is 5.35. The molecular formula is C23H29IN6O. The molecule has 0 aliphatic carbocycles. The molecule has 0 radical (unpaired) electrons. The molecule has 2 aromatic carbocycles. The Bertz CT molecular complexity index is 973. The second-order valence-electron chi connectivity index (χ2n) is 7.35. The lowest BCUT2D eigenvalue weighted by Gasteiger charge is -2.21. The average Bonchev–Trinajstić information content (AvgIpc) is 3.47. The fourth-order valence-corrected chi connectivity index (χ4v) is 3.76. The van der Waals surface area contributed by atoms with E-state index in [-0.39, 0.29) is 24.0 Å². The van der Waals surface area contributed by atoms with Gasteiger partial charge in [-0.05, 0) is 43.2 Å². The number of rotatable bonds is 6. The van der Waals surface area contributed by atoms with Gasteiger partial charge in [0.25, 0.3) is 0 Å². The van der Waals surface area contributed by atoms with E-state index in [4.69, 9.17) is 9.73 Å². The van der Waals surface area contributed by atoms with Gasteiger partial charge in [-0.2, -0.15) is 5.10 Å². The van der Waals surface area contributed by atoms with Crippen molar-refractivity contribution in [2.45, 2.75) is 25.8 Å². The molecule has 1 aliphatic rings. The second kappa shape index (κ2) is 11.1. The number of nitrogens with zero attached hydrogens (tertiary/aromatic N) is 4. The van der Waals surface area contributed by atoms with E-state index in [9.17, 15) is 0 Å². The van der Waals surface area contributed by atoms with Gasteiger partial charge < -0.3 is 15.0 Å². The lowest BCUT2D eigenvalue weighted by molar-refractivity contribution is 0.415. The number of methoxy groups -OCH3 is 1. The van der Waals surface area contributed by atoms with E-state index < -0.39 is 0 Å². The Morgan fingerprint density at radius 3 is 2.68 bits per heavy atom. The van der Waals surface area contributed by atoms with Gasteiger partial charge in [-0.25, -0.2) is 9.98 Å². The maximum atomic E-state index is 5.20. The molecule has 0 spiro atoms. The van der Waals surface area contributed by atoms with Crippen LogP contribution < -0.4 is 10.1 Å². The molecule has 164 valence electrons. The first-order valence-electron chi connectivity index (χ1n) is 10.4. The molecular weight excluding hydrogens is 503 g/mol. The number of hydrogen-bond acceptors (Lipinski definition) is 4. The number of hydrogen-bond donors (Lipinski definition) is 2. The third-order valence-electron chi connectivity index (χ3n) is 5.35. The Hall–Kier alpha value is -2.62. The standard InChI is InChI=1S/C23H28N6O.HI/c1-3-24-23(29-14-13-19(16-29)17-7-5-4-6-8-17)25-15-21-26-22(28-27-21)18-9-11-20(30-2)12-10-18;/h4-12,19H,3,13-16H2,1-2H3,(H,24,25)(H,26,27,28);1H. The molecule has 4 rings (SSSR count). The largest absolute Gasteiger partial charge is 0.497 e. The highest BCUT2D eigenvalue weighted by Crippen LogP contribution is 2.27. The fourth-order valence-electron chi connectivity index (χ4n) is 3.76. The lowest BCUT2D eigenvalue weighted by atomic mass is 9.99. The van der Waals surface area contributed by atoms with E-state index in [2.05, 4.69) is 62.7 Å². The molecule has 1 aliphatic heterocycles. The van der Waals surface area contributed by atoms with Crippen molar-refractivity contribution in [1.82, 2.24) is 25.4 Å². The first-order valence-corrected chi connectivity index (χ1v) is 10.4. The van der Waals surface area contributed by atoms with Gasteiger partial charge in [-0.1, -0.05) is 30.3 Å². The highest BCUT2D eigenvalue weighted by atomic mass is 127. The van der Waals surface area contributed by atoms with Gasteiger partial charge in [0.05, 0.1) is 7.11 Å². The van der Waals surface area contributed by atoms with Crippen LogP contribution in [0.25, 0.3) is 11.4 Å². The predicted octanol–water partition coefficient (Wildman–Crippen LogP) is 4.05. The molecule has 31 heavy (non-hydrogen) atoms. The average molecular weight is 532 g/mol. The summed E-state index contributed by atoms with van der Waals surface area (Å²) in [5.41, 5.74) is 2.34. The molecule has 8 heteroatoms. The number of benzene rings is 2. The summed E-state index contributed by atoms with van der Waals surface area (Å²) in [6, 6.07) is 18.4. The Morgan fingerprint density at radius 2 is 1.97 bits per heavy atom. The number of nitrogens with one attached hydrogen (secondary N) is 2. The lowest BCUT2D eigenvalue weighted by Crippen LogP contribution is -2.40. The molecule has 2 N–H and O–H groups in total. The summed E-state index contributed by atoms with van der Waals surface area (Å²) in [4.78, 5) is 11.7. The first-order chi connectivity index (χ1) is 14.8. The molecule has 7 nitrogen and oxygen atoms in total. The number of ether oxygens (including phenoxy) is 1. The molecule has 2 heterocycles. The number of aromatic amines is 1. The number of aromatic nitrogens is 3. The summed E-state index contributed by atoms with van der Waals surface area (Å²) in [5, 5.41) is 10.8. The third kappa shape index (κ3) is 5.75. The van der Waals surface area contributed by atoms with Crippen LogP contribution in [0.15, 0.2) is 59.6 Å². The molecule has 1 saturated heterocycles. The van der Waals surface area contributed by atoms with E-state index in [1.807, 2.05) is 24.3 Å². The zero-order valence-corrected chi connectivity index (χ0v) is 20.2. The highest BCUT2D eigenvalue weighted by molar-refractivity contribution is 14.0. The quantitative estimate of drug-likeness (QED) is 0.285. The van der Waals surface area contributed by atoms with E-state index in [0.29, 0.717) is 18.3 Å². The molecule has 1 aromatic heterocycles. The van der Waals surface area contributed by atoms with Crippen LogP contribution in [0.1, 0.15) is 30.7 Å². The summed E-state index contributed by atoms with van der Waals surface area (Å²) in [5.74, 6) is 3.70. The molecule has 1 unspecified atom stereocenters. The van der Waals surface area contributed by atoms with Crippen molar-refractivity contribution < 1.29 is 4.74 Å². The molecule has 1 fully saturated rings. The maximum Gasteiger partial charge on any atom is 0.194 e. The van der Waals surface area contributed by atoms with E-state index >= 15 is 0 Å². The minimum absolute atomic E-state index is 0. The van der Waals surface area contributed by atoms with E-state index in [1.54, 1.807) is 7.11 Å². The van der Waals surface area contributed by atoms with Gasteiger partial charge in [0.2, 0.25) is 0 Å². The minimum Gasteiger partial charge on any atom is -0.497 e. The van der Waals surface area contributed by atoms with Crippen molar-refractivity contribution >= 4 is 29.9 Å². The summed E-state index contributed by atoms with van der Waals surface area (Å²) < 4.78 is 5.20. The van der Waals surface area contributed by atoms with Crippen LogP contribution in [0.3, 0.4) is 0 Å². The van der Waals surface area contributed by atoms with Gasteiger partial charge in [-0.15, -0.1) is 24.0 Å². The maximum absolute atomic E-state index is 5.20. The normalized spacial score (nSPS) is 16.1. The predicted molar refractivity (Wildman–Crippen MR) is 134 cm³/mol. The SMILES string of the molecule is CCNC(=NCc1nc(-c2ccc(OC)cc2)n[nH]1)N1CCC(c2ccccc2)C1.I. The Labute approximate surface area is 200 Å². The molecule has 0 bridgehead atoms. The van der Waals surface area contributed by atoms with Crippen molar-refractivity contribution in [3.8, 4) is 17.1 Å². The van der Waals surface area contributed by atoms with Crippen LogP contribution in [0.2, 0.25) is 0 Å². The number of H-pyrrole nitrogens is 1. The van der Waals surface area contributed by atoms with Crippen molar-refractivity contribution in [1.29, 1.82) is 0 Å². The van der Waals surface area contributed by atoms with Gasteiger partial charge in [-0.3, -0.25) is 5.10 Å². The minimum atomic E-state index is 0. The summed E-state index contributed by atoms with van der Waals surface area (Å²) in [6.07, 6.45) is 1.14. The van der Waals surface area contributed by atoms with Crippen LogP contribution in [0, 0.1) is 0 Å². The Kier molecular flexibility index (Phi) is 8.27. The number of halogens is 1. The highest BCUT2D eigenvalue weighted by Gasteiger charge is 2.25. The van der Waals surface area contributed by atoms with Gasteiger partial charge in [0.15, 0.2) is 11.8 Å². The number of aliphatic imine (C=N–C) groups is 1. The van der Waals surface area contributed by atoms with E-state index in [0.717, 1.165) is 49.2 Å². The Balaban J connectivity index is 0.00000272. The molecule has 0 amide bonds. The van der Waals surface area contributed by atoms with Crippen molar-refractivity contribution in [2.24, 2.45) is 4.99 Å². The van der Waals surface area contributed by atoms with Crippen LogP contribution >= 0.6 is 24.0 Å². The summed E-state index contributed by atoms with van der Waals surface area (Å²) in [7, 11) is 1.66. The van der Waals surface area contributed by atoms with Crippen molar-refractivity contribution in [3.05, 3.63) is 66.0 Å². The number of guanidine groups is 1. The molecule has 0 saturated carbocycles. The topological polar surface area (TPSA) is 78.4 Å². The van der Waals surface area contributed by atoms with Crippen molar-refractivity contribution in [2.75, 3.05) is 26.7 Å². The van der Waals surface area contributed by atoms with Crippen LogP contribution in [-0.2, 0) is 6.54 Å². The summed E-state index contributed by atoms with van der Waals surface area (Å²) >= 11 is 0. The van der Waals surface area contributed by atoms with Crippen LogP contribution in [0.5, 0.6) is 5.75 Å². The first kappa shape index (κ1) is 23.1. The van der Waals surface area contributed by atoms with Gasteiger partial charge >= 0.3 is 0 Å². The van der Waals surface area contributed by atoms with Gasteiger partial charge in [0.1, 0.15) is 18.1 Å². The Morgan fingerprint density at radius 1 is 1.19 bits per heavy atom. The smallest absolute Gasteiger partial charge is 0.194 e. The number of likely N-dealkylation sites (tertiary alicyclic amines) is 1. The fraction of sp³-hybridized carbons (Fsp3) is 0.348. The van der Waals surface area contributed by atoms with Gasteiger partial charge in [0, 0.05) is 31.1 Å². The molecule has 3 aromatic rings. The van der Waals surface area contributed by atoms with Crippen LogP contribution in [-0.4, -0.2) is 52.8 Å². The zero-order chi connectivity index (χ0) is 20.8. The van der Waals surface area contributed by atoms with E-state index in [1.165, 1.54) is 5.56 Å². The van der Waals surface area contributed by atoms with Crippen LogP contribution in [0.4, 0.5) is 0 Å². The zero-order valence-electron chi connectivity index (χ0n) is 17.9. The second-order valence-corrected chi connectivity index (χ2v) is 7.35. The monoisotopic (exact) mass is 532 g/mol. The molecule has 1 atom stereocenters.